The summed E-state index contributed by atoms with van der Waals surface area (Å²) in [5.41, 5.74) is 2.10. The molecule has 0 atom stereocenters. The lowest BCUT2D eigenvalue weighted by Crippen LogP contribution is -2.12. The SMILES string of the molecule is Cc1ccc(S(=O)(=O)Nc2ccc(Nc3ccc(C#N)cc3)cn2)s1. The smallest absolute Gasteiger partial charge is 0.272 e. The molecule has 0 fully saturated rings. The van der Waals surface area contributed by atoms with Gasteiger partial charge in [0, 0.05) is 10.6 Å². The van der Waals surface area contributed by atoms with Gasteiger partial charge < -0.3 is 5.32 Å². The summed E-state index contributed by atoms with van der Waals surface area (Å²) in [5.74, 6) is 0.247. The molecule has 0 amide bonds. The standard InChI is InChI=1S/C17H14N4O2S2/c1-12-2-9-17(24-12)25(22,23)21-16-8-7-15(11-19-16)20-14-5-3-13(10-18)4-6-14/h2-9,11,20H,1H3,(H,19,21). The molecule has 0 spiro atoms. The second kappa shape index (κ2) is 6.93. The van der Waals surface area contributed by atoms with Crippen LogP contribution in [0.25, 0.3) is 0 Å². The average Bonchev–Trinajstić information content (AvgIpc) is 3.05. The minimum absolute atomic E-state index is 0.247. The zero-order valence-electron chi connectivity index (χ0n) is 13.2. The minimum Gasteiger partial charge on any atom is -0.354 e. The van der Waals surface area contributed by atoms with Gasteiger partial charge in [-0.15, -0.1) is 11.3 Å². The molecule has 0 aliphatic heterocycles. The molecule has 0 aliphatic carbocycles. The number of rotatable bonds is 5. The van der Waals surface area contributed by atoms with Crippen molar-refractivity contribution in [2.75, 3.05) is 10.0 Å². The normalized spacial score (nSPS) is 10.9. The van der Waals surface area contributed by atoms with Crippen LogP contribution in [0.15, 0.2) is 58.9 Å². The van der Waals surface area contributed by atoms with Crippen LogP contribution in [0.4, 0.5) is 17.2 Å². The van der Waals surface area contributed by atoms with Gasteiger partial charge in [0.2, 0.25) is 0 Å². The third kappa shape index (κ3) is 4.15. The van der Waals surface area contributed by atoms with E-state index in [2.05, 4.69) is 21.1 Å². The van der Waals surface area contributed by atoms with Gasteiger partial charge in [-0.1, -0.05) is 0 Å². The number of anilines is 3. The van der Waals surface area contributed by atoms with E-state index in [0.717, 1.165) is 10.6 Å². The number of pyridine rings is 1. The fourth-order valence-electron chi connectivity index (χ4n) is 2.07. The lowest BCUT2D eigenvalue weighted by atomic mass is 10.2. The Balaban J connectivity index is 1.70. The van der Waals surface area contributed by atoms with Gasteiger partial charge in [0.15, 0.2) is 0 Å². The summed E-state index contributed by atoms with van der Waals surface area (Å²) in [5, 5.41) is 11.9. The molecule has 25 heavy (non-hydrogen) atoms. The number of sulfonamides is 1. The summed E-state index contributed by atoms with van der Waals surface area (Å²) in [7, 11) is -3.62. The molecule has 0 saturated carbocycles. The van der Waals surface area contributed by atoms with Crippen LogP contribution in [0.3, 0.4) is 0 Å². The molecule has 6 nitrogen and oxygen atoms in total. The van der Waals surface area contributed by atoms with E-state index in [1.807, 2.05) is 6.92 Å². The van der Waals surface area contributed by atoms with Crippen molar-refractivity contribution in [1.29, 1.82) is 5.26 Å². The second-order valence-electron chi connectivity index (χ2n) is 5.22. The first-order chi connectivity index (χ1) is 12.0. The maximum atomic E-state index is 12.3. The second-order valence-corrected chi connectivity index (χ2v) is 8.41. The molecule has 0 bridgehead atoms. The van der Waals surface area contributed by atoms with Crippen LogP contribution in [0, 0.1) is 18.3 Å². The molecule has 2 aromatic heterocycles. The molecule has 3 rings (SSSR count). The highest BCUT2D eigenvalue weighted by atomic mass is 32.2. The van der Waals surface area contributed by atoms with E-state index in [0.29, 0.717) is 11.3 Å². The quantitative estimate of drug-likeness (QED) is 0.711. The van der Waals surface area contributed by atoms with E-state index >= 15 is 0 Å². The highest BCUT2D eigenvalue weighted by Gasteiger charge is 2.16. The molecule has 0 radical (unpaired) electrons. The molecule has 0 unspecified atom stereocenters. The van der Waals surface area contributed by atoms with Crippen molar-refractivity contribution >= 4 is 38.6 Å². The van der Waals surface area contributed by atoms with Crippen LogP contribution in [-0.4, -0.2) is 13.4 Å². The van der Waals surface area contributed by atoms with Gasteiger partial charge in [-0.05, 0) is 55.5 Å². The lowest BCUT2D eigenvalue weighted by Gasteiger charge is -2.08. The highest BCUT2D eigenvalue weighted by molar-refractivity contribution is 7.94. The van der Waals surface area contributed by atoms with Crippen molar-refractivity contribution < 1.29 is 8.42 Å². The van der Waals surface area contributed by atoms with Gasteiger partial charge in [0.25, 0.3) is 10.0 Å². The first kappa shape index (κ1) is 17.0. The van der Waals surface area contributed by atoms with Crippen LogP contribution < -0.4 is 10.0 Å². The molecule has 2 heterocycles. The number of nitrogens with zero attached hydrogens (tertiary/aromatic N) is 2. The predicted molar refractivity (Wildman–Crippen MR) is 98.5 cm³/mol. The molecule has 0 saturated heterocycles. The van der Waals surface area contributed by atoms with Crippen LogP contribution >= 0.6 is 11.3 Å². The van der Waals surface area contributed by atoms with E-state index < -0.39 is 10.0 Å². The van der Waals surface area contributed by atoms with E-state index in [1.54, 1.807) is 48.5 Å². The summed E-state index contributed by atoms with van der Waals surface area (Å²) >= 11 is 1.21. The largest absolute Gasteiger partial charge is 0.354 e. The van der Waals surface area contributed by atoms with Crippen molar-refractivity contribution in [3.8, 4) is 6.07 Å². The van der Waals surface area contributed by atoms with Crippen LogP contribution in [0.1, 0.15) is 10.4 Å². The topological polar surface area (TPSA) is 94.9 Å². The fourth-order valence-corrected chi connectivity index (χ4v) is 4.36. The fraction of sp³-hybridized carbons (Fsp3) is 0.0588. The van der Waals surface area contributed by atoms with E-state index in [9.17, 15) is 8.42 Å². The van der Waals surface area contributed by atoms with Gasteiger partial charge in [0.1, 0.15) is 10.0 Å². The number of nitrogens with one attached hydrogen (secondary N) is 2. The summed E-state index contributed by atoms with van der Waals surface area (Å²) in [6.07, 6.45) is 1.54. The number of aromatic nitrogens is 1. The number of hydrogen-bond donors (Lipinski definition) is 2. The predicted octanol–water partition coefficient (Wildman–Crippen LogP) is 3.87. The maximum absolute atomic E-state index is 12.3. The number of benzene rings is 1. The summed E-state index contributed by atoms with van der Waals surface area (Å²) in [4.78, 5) is 5.05. The van der Waals surface area contributed by atoms with Crippen molar-refractivity contribution in [2.24, 2.45) is 0 Å². The van der Waals surface area contributed by atoms with Gasteiger partial charge >= 0.3 is 0 Å². The molecule has 126 valence electrons. The Morgan fingerprint density at radius 2 is 1.76 bits per heavy atom. The molecule has 3 aromatic rings. The Morgan fingerprint density at radius 3 is 2.32 bits per heavy atom. The van der Waals surface area contributed by atoms with E-state index in [-0.39, 0.29) is 10.0 Å². The maximum Gasteiger partial charge on any atom is 0.272 e. The third-order valence-electron chi connectivity index (χ3n) is 3.29. The lowest BCUT2D eigenvalue weighted by molar-refractivity contribution is 0.603. The average molecular weight is 370 g/mol. The van der Waals surface area contributed by atoms with Crippen molar-refractivity contribution in [1.82, 2.24) is 4.98 Å². The van der Waals surface area contributed by atoms with E-state index in [1.165, 1.54) is 17.5 Å². The monoisotopic (exact) mass is 370 g/mol. The summed E-state index contributed by atoms with van der Waals surface area (Å²) in [6.45, 7) is 1.85. The number of aryl methyl sites for hydroxylation is 1. The van der Waals surface area contributed by atoms with Crippen molar-refractivity contribution in [2.45, 2.75) is 11.1 Å². The van der Waals surface area contributed by atoms with Crippen LogP contribution in [0.5, 0.6) is 0 Å². The van der Waals surface area contributed by atoms with Gasteiger partial charge in [-0.3, -0.25) is 4.72 Å². The van der Waals surface area contributed by atoms with Crippen molar-refractivity contribution in [3.63, 3.8) is 0 Å². The molecular formula is C17H14N4O2S2. The minimum atomic E-state index is -3.62. The Hall–Kier alpha value is -2.89. The van der Waals surface area contributed by atoms with Crippen LogP contribution in [0.2, 0.25) is 0 Å². The molecule has 0 aliphatic rings. The molecular weight excluding hydrogens is 356 g/mol. The number of hydrogen-bond acceptors (Lipinski definition) is 6. The zero-order chi connectivity index (χ0) is 17.9. The highest BCUT2D eigenvalue weighted by Crippen LogP contribution is 2.23. The third-order valence-corrected chi connectivity index (χ3v) is 6.13. The summed E-state index contributed by atoms with van der Waals surface area (Å²) in [6, 6.07) is 15.7. The van der Waals surface area contributed by atoms with Crippen molar-refractivity contribution in [3.05, 3.63) is 65.2 Å². The Bertz CT molecular complexity index is 1020. The van der Waals surface area contributed by atoms with Gasteiger partial charge in [-0.25, -0.2) is 13.4 Å². The first-order valence-electron chi connectivity index (χ1n) is 7.29. The number of thiophene rings is 1. The molecule has 1 aromatic carbocycles. The van der Waals surface area contributed by atoms with E-state index in [4.69, 9.17) is 5.26 Å². The Morgan fingerprint density at radius 1 is 1.04 bits per heavy atom. The zero-order valence-corrected chi connectivity index (χ0v) is 14.9. The van der Waals surface area contributed by atoms with Crippen LogP contribution in [-0.2, 0) is 10.0 Å². The van der Waals surface area contributed by atoms with Gasteiger partial charge in [-0.2, -0.15) is 5.26 Å². The first-order valence-corrected chi connectivity index (χ1v) is 9.59. The molecule has 8 heteroatoms. The van der Waals surface area contributed by atoms with Gasteiger partial charge in [0.05, 0.1) is 23.5 Å². The Kier molecular flexibility index (Phi) is 4.70. The summed E-state index contributed by atoms with van der Waals surface area (Å²) < 4.78 is 27.3. The molecule has 2 N–H and O–H groups in total. The Labute approximate surface area is 149 Å². The number of nitriles is 1.